The van der Waals surface area contributed by atoms with Crippen molar-refractivity contribution in [2.75, 3.05) is 13.7 Å². The van der Waals surface area contributed by atoms with Gasteiger partial charge in [-0.05, 0) is 29.3 Å². The molecule has 7 nitrogen and oxygen atoms in total. The minimum Gasteiger partial charge on any atom is -0.497 e. The largest absolute Gasteiger partial charge is 0.497 e. The fraction of sp³-hybridized carbons (Fsp3) is 0.125. The average Bonchev–Trinajstić information content (AvgIpc) is 3.48. The molecule has 5 rings (SSSR count). The number of benzene rings is 2. The Hall–Kier alpha value is -3.91. The molecule has 2 aromatic carbocycles. The number of nitrogens with zero attached hydrogens (tertiary/aromatic N) is 2. The van der Waals surface area contributed by atoms with Crippen molar-refractivity contribution in [3.05, 3.63) is 99.5 Å². The Morgan fingerprint density at radius 2 is 2.03 bits per heavy atom. The molecule has 8 heteroatoms. The van der Waals surface area contributed by atoms with Crippen LogP contribution in [-0.4, -0.2) is 33.9 Å². The Balaban J connectivity index is 1.48. The maximum Gasteiger partial charge on any atom is 0.271 e. The van der Waals surface area contributed by atoms with Gasteiger partial charge in [0.2, 0.25) is 0 Å². The number of thiazole rings is 1. The molecule has 0 aliphatic rings. The van der Waals surface area contributed by atoms with E-state index in [-0.39, 0.29) is 17.0 Å². The summed E-state index contributed by atoms with van der Waals surface area (Å²) in [6.45, 7) is 0.318. The molecule has 0 saturated heterocycles. The summed E-state index contributed by atoms with van der Waals surface area (Å²) in [5.74, 6) is 0.196. The monoisotopic (exact) mass is 444 g/mol. The van der Waals surface area contributed by atoms with Crippen molar-refractivity contribution in [3.63, 3.8) is 0 Å². The third kappa shape index (κ3) is 3.54. The number of ether oxygens (including phenoxy) is 1. The number of carbonyl (C=O) groups excluding carboxylic acids is 1. The van der Waals surface area contributed by atoms with Gasteiger partial charge in [0.05, 0.1) is 7.11 Å². The molecule has 3 heterocycles. The Morgan fingerprint density at radius 1 is 1.22 bits per heavy atom. The molecule has 1 amide bonds. The van der Waals surface area contributed by atoms with Crippen LogP contribution in [0.1, 0.15) is 27.4 Å². The van der Waals surface area contributed by atoms with Crippen LogP contribution in [0.2, 0.25) is 0 Å². The predicted molar refractivity (Wildman–Crippen MR) is 125 cm³/mol. The maximum absolute atomic E-state index is 12.9. The minimum atomic E-state index is -0.443. The van der Waals surface area contributed by atoms with E-state index in [1.165, 1.54) is 21.9 Å². The summed E-state index contributed by atoms with van der Waals surface area (Å²) in [4.78, 5) is 33.7. The normalized spacial score (nSPS) is 12.2. The van der Waals surface area contributed by atoms with E-state index in [4.69, 9.17) is 4.74 Å². The lowest BCUT2D eigenvalue weighted by atomic mass is 9.90. The van der Waals surface area contributed by atoms with Crippen molar-refractivity contribution in [2.24, 2.45) is 0 Å². The van der Waals surface area contributed by atoms with Crippen LogP contribution >= 0.6 is 11.3 Å². The van der Waals surface area contributed by atoms with Crippen LogP contribution in [0.3, 0.4) is 0 Å². The highest BCUT2D eigenvalue weighted by molar-refractivity contribution is 7.15. The van der Waals surface area contributed by atoms with Gasteiger partial charge in [-0.2, -0.15) is 0 Å². The number of H-pyrrole nitrogens is 1. The average molecular weight is 445 g/mol. The van der Waals surface area contributed by atoms with Gasteiger partial charge in [-0.1, -0.05) is 30.3 Å². The summed E-state index contributed by atoms with van der Waals surface area (Å²) in [7, 11) is 1.63. The summed E-state index contributed by atoms with van der Waals surface area (Å²) in [6.07, 6.45) is 4.94. The Labute approximate surface area is 187 Å². The van der Waals surface area contributed by atoms with Crippen molar-refractivity contribution >= 4 is 33.1 Å². The molecule has 0 aliphatic heterocycles. The van der Waals surface area contributed by atoms with Gasteiger partial charge in [0.25, 0.3) is 11.5 Å². The number of fused-ring (bicyclic) bond motifs is 2. The van der Waals surface area contributed by atoms with Crippen LogP contribution in [0, 0.1) is 0 Å². The zero-order chi connectivity index (χ0) is 22.1. The van der Waals surface area contributed by atoms with Crippen molar-refractivity contribution in [1.82, 2.24) is 19.7 Å². The number of carbonyl (C=O) groups is 1. The van der Waals surface area contributed by atoms with Crippen LogP contribution in [0.5, 0.6) is 5.75 Å². The van der Waals surface area contributed by atoms with Crippen molar-refractivity contribution in [3.8, 4) is 5.75 Å². The first-order chi connectivity index (χ1) is 15.7. The molecule has 3 aromatic heterocycles. The molecule has 0 bridgehead atoms. The molecule has 32 heavy (non-hydrogen) atoms. The number of amides is 1. The molecular formula is C24H20N4O3S. The lowest BCUT2D eigenvalue weighted by Crippen LogP contribution is -2.34. The van der Waals surface area contributed by atoms with Gasteiger partial charge in [-0.15, -0.1) is 11.3 Å². The van der Waals surface area contributed by atoms with Crippen LogP contribution in [0.25, 0.3) is 15.9 Å². The molecule has 160 valence electrons. The van der Waals surface area contributed by atoms with E-state index in [9.17, 15) is 9.59 Å². The molecule has 0 fully saturated rings. The van der Waals surface area contributed by atoms with Crippen LogP contribution < -0.4 is 15.6 Å². The SMILES string of the molecule is COc1ccc(C(CNC(=O)c2cnc3sccn3c2=O)c2c[nH]c3ccccc23)cc1. The fourth-order valence-corrected chi connectivity index (χ4v) is 4.57. The highest BCUT2D eigenvalue weighted by Crippen LogP contribution is 2.31. The summed E-state index contributed by atoms with van der Waals surface area (Å²) in [5.41, 5.74) is 2.76. The van der Waals surface area contributed by atoms with E-state index in [1.54, 1.807) is 18.7 Å². The third-order valence-electron chi connectivity index (χ3n) is 5.57. The maximum atomic E-state index is 12.9. The van der Waals surface area contributed by atoms with E-state index in [2.05, 4.69) is 21.4 Å². The van der Waals surface area contributed by atoms with Gasteiger partial charge in [0.15, 0.2) is 4.96 Å². The molecule has 0 radical (unpaired) electrons. The van der Waals surface area contributed by atoms with E-state index < -0.39 is 5.91 Å². The highest BCUT2D eigenvalue weighted by atomic mass is 32.1. The summed E-state index contributed by atoms with van der Waals surface area (Å²) < 4.78 is 6.68. The highest BCUT2D eigenvalue weighted by Gasteiger charge is 2.21. The van der Waals surface area contributed by atoms with E-state index >= 15 is 0 Å². The number of aromatic nitrogens is 3. The molecule has 1 unspecified atom stereocenters. The molecule has 1 atom stereocenters. The fourth-order valence-electron chi connectivity index (χ4n) is 3.90. The van der Waals surface area contributed by atoms with Crippen molar-refractivity contribution < 1.29 is 9.53 Å². The standard InChI is InChI=1S/C24H20N4O3S/c1-31-16-8-6-15(7-9-16)18(19-13-25-21-5-3-2-4-17(19)21)12-26-22(29)20-14-27-24-28(23(20)30)10-11-32-24/h2-11,13-14,18,25H,12H2,1H3,(H,26,29). The van der Waals surface area contributed by atoms with Gasteiger partial charge >= 0.3 is 0 Å². The number of para-hydroxylation sites is 1. The van der Waals surface area contributed by atoms with Gasteiger partial charge in [0.1, 0.15) is 11.3 Å². The van der Waals surface area contributed by atoms with Gasteiger partial charge in [-0.3, -0.25) is 14.0 Å². The van der Waals surface area contributed by atoms with Crippen LogP contribution in [0.4, 0.5) is 0 Å². The van der Waals surface area contributed by atoms with E-state index in [0.29, 0.717) is 11.5 Å². The van der Waals surface area contributed by atoms with Crippen LogP contribution in [-0.2, 0) is 0 Å². The predicted octanol–water partition coefficient (Wildman–Crippen LogP) is 3.81. The lowest BCUT2D eigenvalue weighted by Gasteiger charge is -2.18. The number of nitrogens with one attached hydrogen (secondary N) is 2. The summed E-state index contributed by atoms with van der Waals surface area (Å²) >= 11 is 1.35. The second kappa shape index (κ2) is 8.32. The van der Waals surface area contributed by atoms with Gasteiger partial charge in [-0.25, -0.2) is 4.98 Å². The van der Waals surface area contributed by atoms with E-state index in [0.717, 1.165) is 27.8 Å². The second-order valence-corrected chi connectivity index (χ2v) is 8.23. The van der Waals surface area contributed by atoms with Crippen LogP contribution in [0.15, 0.2) is 77.3 Å². The number of hydrogen-bond acceptors (Lipinski definition) is 5. The third-order valence-corrected chi connectivity index (χ3v) is 6.34. The Kier molecular flexibility index (Phi) is 5.20. The molecule has 0 spiro atoms. The first-order valence-corrected chi connectivity index (χ1v) is 11.0. The first-order valence-electron chi connectivity index (χ1n) is 10.1. The number of rotatable bonds is 6. The Morgan fingerprint density at radius 3 is 2.84 bits per heavy atom. The Bertz CT molecular complexity index is 1470. The topological polar surface area (TPSA) is 88.5 Å². The molecule has 0 aliphatic carbocycles. The van der Waals surface area contributed by atoms with Crippen molar-refractivity contribution in [2.45, 2.75) is 5.92 Å². The molecule has 2 N–H and O–H groups in total. The zero-order valence-electron chi connectivity index (χ0n) is 17.2. The number of methoxy groups -OCH3 is 1. The first kappa shape index (κ1) is 20.0. The molecular weight excluding hydrogens is 424 g/mol. The summed E-state index contributed by atoms with van der Waals surface area (Å²) in [6, 6.07) is 15.8. The smallest absolute Gasteiger partial charge is 0.271 e. The lowest BCUT2D eigenvalue weighted by molar-refractivity contribution is 0.0950. The second-order valence-electron chi connectivity index (χ2n) is 7.36. The van der Waals surface area contributed by atoms with Crippen molar-refractivity contribution in [1.29, 1.82) is 0 Å². The quantitative estimate of drug-likeness (QED) is 0.417. The molecule has 0 saturated carbocycles. The minimum absolute atomic E-state index is 0.0216. The molecule has 5 aromatic rings. The van der Waals surface area contributed by atoms with Gasteiger partial charge in [0, 0.05) is 47.3 Å². The number of hydrogen-bond donors (Lipinski definition) is 2. The van der Waals surface area contributed by atoms with E-state index in [1.807, 2.05) is 48.7 Å². The number of aromatic amines is 1. The summed E-state index contributed by atoms with van der Waals surface area (Å²) in [5, 5.41) is 5.80. The zero-order valence-corrected chi connectivity index (χ0v) is 18.1. The van der Waals surface area contributed by atoms with Gasteiger partial charge < -0.3 is 15.0 Å².